The summed E-state index contributed by atoms with van der Waals surface area (Å²) in [6, 6.07) is 12.6. The third-order valence-corrected chi connectivity index (χ3v) is 8.50. The lowest BCUT2D eigenvalue weighted by atomic mass is 10.2. The highest BCUT2D eigenvalue weighted by Crippen LogP contribution is 2.42. The van der Waals surface area contributed by atoms with Crippen molar-refractivity contribution in [1.82, 2.24) is 0 Å². The van der Waals surface area contributed by atoms with Crippen molar-refractivity contribution in [2.75, 3.05) is 13.2 Å². The van der Waals surface area contributed by atoms with Gasteiger partial charge in [0.1, 0.15) is 12.2 Å². The Hall–Kier alpha value is -1.82. The van der Waals surface area contributed by atoms with E-state index in [1.54, 1.807) is 24.3 Å². The van der Waals surface area contributed by atoms with Gasteiger partial charge in [0.15, 0.2) is 5.79 Å². The molecule has 33 heavy (non-hydrogen) atoms. The summed E-state index contributed by atoms with van der Waals surface area (Å²) in [5, 5.41) is 0. The number of benzene rings is 2. The molecular weight excluding hydrogens is 468 g/mol. The Bertz CT molecular complexity index is 1080. The van der Waals surface area contributed by atoms with Crippen LogP contribution in [-0.2, 0) is 38.1 Å². The summed E-state index contributed by atoms with van der Waals surface area (Å²) in [5.41, 5.74) is 1.85. The Morgan fingerprint density at radius 1 is 0.727 bits per heavy atom. The van der Waals surface area contributed by atoms with E-state index in [1.807, 2.05) is 13.8 Å². The van der Waals surface area contributed by atoms with Crippen molar-refractivity contribution in [1.29, 1.82) is 0 Å². The SMILES string of the molecule is Cc1ccc(S(=O)(=O)OC[C@@H]2OC3(CCCC3)O[C@H]2COS(=O)(=O)c2ccc(C)cc2)cc1. The summed E-state index contributed by atoms with van der Waals surface area (Å²) in [6.45, 7) is 3.10. The third kappa shape index (κ3) is 5.64. The van der Waals surface area contributed by atoms with E-state index in [9.17, 15) is 16.8 Å². The van der Waals surface area contributed by atoms with Gasteiger partial charge in [-0.2, -0.15) is 16.8 Å². The first-order chi connectivity index (χ1) is 15.6. The molecule has 2 aromatic rings. The smallest absolute Gasteiger partial charge is 0.297 e. The maximum atomic E-state index is 12.6. The van der Waals surface area contributed by atoms with Crippen LogP contribution in [0.4, 0.5) is 0 Å². The van der Waals surface area contributed by atoms with Crippen molar-refractivity contribution in [3.8, 4) is 0 Å². The van der Waals surface area contributed by atoms with Crippen LogP contribution in [0.2, 0.25) is 0 Å². The van der Waals surface area contributed by atoms with Crippen molar-refractivity contribution in [3.05, 3.63) is 59.7 Å². The molecule has 2 fully saturated rings. The molecule has 4 rings (SSSR count). The molecule has 0 aromatic heterocycles. The summed E-state index contributed by atoms with van der Waals surface area (Å²) < 4.78 is 73.1. The zero-order chi connectivity index (χ0) is 23.7. The second kappa shape index (κ2) is 9.44. The average Bonchev–Trinajstić information content (AvgIpc) is 3.38. The maximum absolute atomic E-state index is 12.6. The van der Waals surface area contributed by atoms with Crippen molar-refractivity contribution in [2.24, 2.45) is 0 Å². The van der Waals surface area contributed by atoms with Gasteiger partial charge in [0, 0.05) is 12.8 Å². The van der Waals surface area contributed by atoms with Gasteiger partial charge in [-0.25, -0.2) is 0 Å². The molecule has 180 valence electrons. The van der Waals surface area contributed by atoms with Crippen molar-refractivity contribution in [3.63, 3.8) is 0 Å². The molecule has 2 aliphatic rings. The largest absolute Gasteiger partial charge is 0.341 e. The summed E-state index contributed by atoms with van der Waals surface area (Å²) in [7, 11) is -8.02. The Kier molecular flexibility index (Phi) is 6.95. The minimum atomic E-state index is -4.01. The van der Waals surface area contributed by atoms with E-state index in [1.165, 1.54) is 24.3 Å². The van der Waals surface area contributed by atoms with E-state index >= 15 is 0 Å². The van der Waals surface area contributed by atoms with Crippen LogP contribution in [0.15, 0.2) is 58.3 Å². The molecule has 10 heteroatoms. The average molecular weight is 497 g/mol. The fourth-order valence-corrected chi connectivity index (χ4v) is 5.86. The van der Waals surface area contributed by atoms with Crippen LogP contribution >= 0.6 is 0 Å². The number of hydrogen-bond donors (Lipinski definition) is 0. The number of rotatable bonds is 8. The Morgan fingerprint density at radius 3 is 1.45 bits per heavy atom. The zero-order valence-electron chi connectivity index (χ0n) is 18.6. The lowest BCUT2D eigenvalue weighted by molar-refractivity contribution is -0.172. The molecule has 8 nitrogen and oxygen atoms in total. The van der Waals surface area contributed by atoms with Crippen molar-refractivity contribution >= 4 is 20.2 Å². The van der Waals surface area contributed by atoms with Gasteiger partial charge in [0.25, 0.3) is 20.2 Å². The van der Waals surface area contributed by atoms with Crippen molar-refractivity contribution < 1.29 is 34.7 Å². The number of ether oxygens (including phenoxy) is 2. The highest BCUT2D eigenvalue weighted by atomic mass is 32.2. The molecule has 1 spiro atoms. The third-order valence-electron chi connectivity index (χ3n) is 5.91. The van der Waals surface area contributed by atoms with Gasteiger partial charge in [0.2, 0.25) is 0 Å². The quantitative estimate of drug-likeness (QED) is 0.512. The molecule has 2 atom stereocenters. The molecule has 1 saturated heterocycles. The van der Waals surface area contributed by atoms with Crippen LogP contribution in [0.1, 0.15) is 36.8 Å². The predicted octanol–water partition coefficient (Wildman–Crippen LogP) is 3.47. The summed E-state index contributed by atoms with van der Waals surface area (Å²) in [6.07, 6.45) is 1.52. The van der Waals surface area contributed by atoms with Gasteiger partial charge in [0.05, 0.1) is 23.0 Å². The van der Waals surface area contributed by atoms with E-state index in [-0.39, 0.29) is 23.0 Å². The molecule has 0 unspecified atom stereocenters. The zero-order valence-corrected chi connectivity index (χ0v) is 20.2. The second-order valence-corrected chi connectivity index (χ2v) is 11.8. The number of hydrogen-bond acceptors (Lipinski definition) is 8. The molecule has 1 aliphatic heterocycles. The highest BCUT2D eigenvalue weighted by Gasteiger charge is 2.50. The molecule has 0 radical (unpaired) electrons. The van der Waals surface area contributed by atoms with Gasteiger partial charge in [-0.1, -0.05) is 35.4 Å². The lowest BCUT2D eigenvalue weighted by Crippen LogP contribution is -2.33. The Balaban J connectivity index is 1.45. The first-order valence-corrected chi connectivity index (χ1v) is 13.7. The second-order valence-electron chi connectivity index (χ2n) is 8.53. The molecule has 0 N–H and O–H groups in total. The van der Waals surface area contributed by atoms with Gasteiger partial charge in [-0.15, -0.1) is 0 Å². The Labute approximate surface area is 195 Å². The molecular formula is C23H28O8S2. The molecule has 2 aromatic carbocycles. The lowest BCUT2D eigenvalue weighted by Gasteiger charge is -2.22. The van der Waals surface area contributed by atoms with Crippen molar-refractivity contribution in [2.45, 2.75) is 67.3 Å². The van der Waals surface area contributed by atoms with Crippen LogP contribution in [-0.4, -0.2) is 48.0 Å². The Morgan fingerprint density at radius 2 is 1.09 bits per heavy atom. The summed E-state index contributed by atoms with van der Waals surface area (Å²) in [5.74, 6) is -0.858. The van der Waals surface area contributed by atoms with Gasteiger partial charge in [-0.05, 0) is 51.0 Å². The molecule has 1 heterocycles. The van der Waals surface area contributed by atoms with Crippen LogP contribution in [0, 0.1) is 13.8 Å². The maximum Gasteiger partial charge on any atom is 0.297 e. The first-order valence-electron chi connectivity index (χ1n) is 10.9. The monoisotopic (exact) mass is 496 g/mol. The van der Waals surface area contributed by atoms with Gasteiger partial charge < -0.3 is 9.47 Å². The van der Waals surface area contributed by atoms with Gasteiger partial charge >= 0.3 is 0 Å². The summed E-state index contributed by atoms with van der Waals surface area (Å²) >= 11 is 0. The van der Waals surface area contributed by atoms with Gasteiger partial charge in [-0.3, -0.25) is 8.37 Å². The minimum absolute atomic E-state index is 0.0392. The van der Waals surface area contributed by atoms with Crippen LogP contribution < -0.4 is 0 Å². The molecule has 0 bridgehead atoms. The van der Waals surface area contributed by atoms with Crippen LogP contribution in [0.3, 0.4) is 0 Å². The van der Waals surface area contributed by atoms with E-state index in [0.29, 0.717) is 12.8 Å². The highest BCUT2D eigenvalue weighted by molar-refractivity contribution is 7.87. The standard InChI is InChI=1S/C23H28O8S2/c1-17-5-9-19(10-6-17)32(24,25)28-15-21-22(31-23(30-21)13-3-4-14-23)16-29-33(26,27)20-11-7-18(2)8-12-20/h5-12,21-22H,3-4,13-16H2,1-2H3/t21-,22-/m0/s1. The van der Waals surface area contributed by atoms with E-state index in [2.05, 4.69) is 0 Å². The fourth-order valence-electron chi connectivity index (χ4n) is 4.02. The summed E-state index contributed by atoms with van der Waals surface area (Å²) in [4.78, 5) is 0.0784. The first kappa shape index (κ1) is 24.3. The van der Waals surface area contributed by atoms with E-state index in [0.717, 1.165) is 24.0 Å². The van der Waals surface area contributed by atoms with E-state index < -0.39 is 38.2 Å². The fraction of sp³-hybridized carbons (Fsp3) is 0.478. The van der Waals surface area contributed by atoms with E-state index in [4.69, 9.17) is 17.8 Å². The number of aryl methyl sites for hydroxylation is 2. The van der Waals surface area contributed by atoms with Crippen LogP contribution in [0.5, 0.6) is 0 Å². The molecule has 1 saturated carbocycles. The predicted molar refractivity (Wildman–Crippen MR) is 120 cm³/mol. The minimum Gasteiger partial charge on any atom is -0.341 e. The topological polar surface area (TPSA) is 105 Å². The molecule has 0 amide bonds. The molecule has 1 aliphatic carbocycles. The van der Waals surface area contributed by atoms with Crippen LogP contribution in [0.25, 0.3) is 0 Å². The normalized spacial score (nSPS) is 22.7.